The summed E-state index contributed by atoms with van der Waals surface area (Å²) in [6.07, 6.45) is 0. The van der Waals surface area contributed by atoms with Crippen LogP contribution < -0.4 is 5.32 Å². The van der Waals surface area contributed by atoms with Gasteiger partial charge in [0.1, 0.15) is 11.6 Å². The molecular weight excluding hydrogens is 468 g/mol. The van der Waals surface area contributed by atoms with E-state index in [-0.39, 0.29) is 10.0 Å². The Morgan fingerprint density at radius 1 is 1.21 bits per heavy atom. The molecule has 2 aromatic rings. The molecule has 1 N–H and O–H groups in total. The van der Waals surface area contributed by atoms with E-state index in [9.17, 15) is 8.78 Å². The van der Waals surface area contributed by atoms with Crippen molar-refractivity contribution >= 4 is 59.1 Å². The third-order valence-electron chi connectivity index (χ3n) is 2.65. The van der Waals surface area contributed by atoms with E-state index in [1.807, 2.05) is 6.07 Å². The maximum Gasteiger partial charge on any atom is 0.145 e. The molecule has 0 spiro atoms. The smallest absolute Gasteiger partial charge is 0.145 e. The summed E-state index contributed by atoms with van der Waals surface area (Å²) in [5.74, 6) is -1.16. The van der Waals surface area contributed by atoms with Gasteiger partial charge in [0.05, 0.1) is 18.1 Å². The minimum Gasteiger partial charge on any atom is -0.309 e. The molecule has 0 radical (unpaired) electrons. The number of thiophene rings is 1. The van der Waals surface area contributed by atoms with Crippen molar-refractivity contribution in [1.82, 2.24) is 5.32 Å². The third kappa shape index (κ3) is 3.10. The van der Waals surface area contributed by atoms with Crippen molar-refractivity contribution in [3.63, 3.8) is 0 Å². The Morgan fingerprint density at radius 2 is 1.89 bits per heavy atom. The fourth-order valence-electron chi connectivity index (χ4n) is 1.81. The zero-order valence-corrected chi connectivity index (χ0v) is 15.2. The summed E-state index contributed by atoms with van der Waals surface area (Å²) in [6.45, 7) is 0. The van der Waals surface area contributed by atoms with Crippen LogP contribution in [0.5, 0.6) is 0 Å². The van der Waals surface area contributed by atoms with Crippen LogP contribution in [0.15, 0.2) is 30.2 Å². The van der Waals surface area contributed by atoms with Crippen molar-refractivity contribution in [1.29, 1.82) is 0 Å². The lowest BCUT2D eigenvalue weighted by atomic mass is 10.0. The van der Waals surface area contributed by atoms with Crippen LogP contribution in [0.1, 0.15) is 17.2 Å². The highest BCUT2D eigenvalue weighted by Gasteiger charge is 2.25. The Hall–Kier alpha value is 0.180. The molecule has 1 aromatic heterocycles. The largest absolute Gasteiger partial charge is 0.309 e. The first-order chi connectivity index (χ1) is 8.95. The Kier molecular flexibility index (Phi) is 5.16. The fourth-order valence-corrected chi connectivity index (χ4v) is 5.06. The van der Waals surface area contributed by atoms with Gasteiger partial charge >= 0.3 is 0 Å². The van der Waals surface area contributed by atoms with Crippen molar-refractivity contribution in [2.45, 2.75) is 6.04 Å². The first-order valence-electron chi connectivity index (χ1n) is 5.21. The second-order valence-electron chi connectivity index (χ2n) is 3.76. The molecule has 0 fully saturated rings. The predicted molar refractivity (Wildman–Crippen MR) is 84.7 cm³/mol. The molecule has 0 saturated carbocycles. The van der Waals surface area contributed by atoms with E-state index in [1.165, 1.54) is 23.5 Å². The molecule has 1 nitrogen and oxygen atoms in total. The van der Waals surface area contributed by atoms with Gasteiger partial charge in [0.2, 0.25) is 0 Å². The first kappa shape index (κ1) is 15.6. The van der Waals surface area contributed by atoms with Crippen molar-refractivity contribution in [2.24, 2.45) is 0 Å². The van der Waals surface area contributed by atoms with E-state index in [0.717, 1.165) is 13.1 Å². The molecule has 7 heteroatoms. The van der Waals surface area contributed by atoms with Crippen LogP contribution in [-0.2, 0) is 0 Å². The van der Waals surface area contributed by atoms with E-state index >= 15 is 0 Å². The number of rotatable bonds is 3. The summed E-state index contributed by atoms with van der Waals surface area (Å²) in [5, 5.41) is 2.95. The third-order valence-corrected chi connectivity index (χ3v) is 5.65. The SMILES string of the molecule is CNC(c1cc(Br)sc1Br)c1c(F)ccc(Br)c1F. The molecule has 19 heavy (non-hydrogen) atoms. The first-order valence-corrected chi connectivity index (χ1v) is 8.40. The maximum atomic E-state index is 14.2. The highest BCUT2D eigenvalue weighted by atomic mass is 79.9. The van der Waals surface area contributed by atoms with Crippen molar-refractivity contribution in [2.75, 3.05) is 7.05 Å². The van der Waals surface area contributed by atoms with Gasteiger partial charge in [0.15, 0.2) is 0 Å². The minimum atomic E-state index is -0.589. The molecule has 1 heterocycles. The van der Waals surface area contributed by atoms with Gasteiger partial charge in [-0.05, 0) is 78.6 Å². The molecule has 0 aliphatic carbocycles. The number of halogens is 5. The minimum absolute atomic E-state index is 0.00266. The molecule has 1 atom stereocenters. The Bertz CT molecular complexity index is 615. The molecule has 1 aromatic carbocycles. The number of nitrogens with one attached hydrogen (secondary N) is 1. The van der Waals surface area contributed by atoms with Gasteiger partial charge in [0.25, 0.3) is 0 Å². The maximum absolute atomic E-state index is 14.2. The summed E-state index contributed by atoms with van der Waals surface area (Å²) in [6, 6.07) is 3.89. The lowest BCUT2D eigenvalue weighted by Gasteiger charge is -2.18. The zero-order valence-electron chi connectivity index (χ0n) is 9.61. The molecule has 1 unspecified atom stereocenters. The summed E-state index contributed by atoms with van der Waals surface area (Å²) in [7, 11) is 1.67. The quantitative estimate of drug-likeness (QED) is 0.568. The zero-order chi connectivity index (χ0) is 14.2. The van der Waals surface area contributed by atoms with Crippen LogP contribution in [0.25, 0.3) is 0 Å². The topological polar surface area (TPSA) is 12.0 Å². The summed E-state index contributed by atoms with van der Waals surface area (Å²) in [4.78, 5) is 0. The number of benzene rings is 1. The van der Waals surface area contributed by atoms with Gasteiger partial charge in [-0.3, -0.25) is 0 Å². The molecule has 0 aliphatic rings. The van der Waals surface area contributed by atoms with E-state index in [0.29, 0.717) is 0 Å². The molecule has 0 amide bonds. The molecule has 2 rings (SSSR count). The summed E-state index contributed by atoms with van der Waals surface area (Å²) >= 11 is 11.3. The lowest BCUT2D eigenvalue weighted by molar-refractivity contribution is 0.518. The fraction of sp³-hybridized carbons (Fsp3) is 0.167. The second-order valence-corrected chi connectivity index (χ2v) is 8.36. The van der Waals surface area contributed by atoms with E-state index in [2.05, 4.69) is 53.1 Å². The van der Waals surface area contributed by atoms with Gasteiger partial charge in [0, 0.05) is 5.56 Å². The van der Waals surface area contributed by atoms with Crippen molar-refractivity contribution in [3.05, 3.63) is 53.0 Å². The highest BCUT2D eigenvalue weighted by molar-refractivity contribution is 9.12. The average molecular weight is 476 g/mol. The Morgan fingerprint density at radius 3 is 2.42 bits per heavy atom. The monoisotopic (exact) mass is 473 g/mol. The summed E-state index contributed by atoms with van der Waals surface area (Å²) in [5.41, 5.74) is 0.790. The lowest BCUT2D eigenvalue weighted by Crippen LogP contribution is -2.20. The van der Waals surface area contributed by atoms with Gasteiger partial charge in [-0.2, -0.15) is 0 Å². The Balaban J connectivity index is 2.61. The Labute approximate surface area is 138 Å². The van der Waals surface area contributed by atoms with Crippen molar-refractivity contribution < 1.29 is 8.78 Å². The molecule has 102 valence electrons. The van der Waals surface area contributed by atoms with Gasteiger partial charge in [-0.15, -0.1) is 11.3 Å². The van der Waals surface area contributed by atoms with E-state index in [1.54, 1.807) is 7.05 Å². The predicted octanol–water partition coefficient (Wildman–Crippen LogP) is 5.62. The van der Waals surface area contributed by atoms with E-state index < -0.39 is 17.7 Å². The summed E-state index contributed by atoms with van der Waals surface area (Å²) < 4.78 is 30.1. The van der Waals surface area contributed by atoms with E-state index in [4.69, 9.17) is 0 Å². The van der Waals surface area contributed by atoms with Crippen LogP contribution in [0.2, 0.25) is 0 Å². The second kappa shape index (κ2) is 6.30. The standard InChI is InChI=1S/C12H8Br3F2NS/c1-18-11(5-4-8(14)19-12(5)15)9-7(16)3-2-6(13)10(9)17/h2-4,11,18H,1H3. The number of hydrogen-bond donors (Lipinski definition) is 1. The van der Waals surface area contributed by atoms with Crippen LogP contribution in [0.3, 0.4) is 0 Å². The number of hydrogen-bond acceptors (Lipinski definition) is 2. The van der Waals surface area contributed by atoms with Crippen LogP contribution in [0, 0.1) is 11.6 Å². The van der Waals surface area contributed by atoms with Crippen LogP contribution in [0.4, 0.5) is 8.78 Å². The van der Waals surface area contributed by atoms with Crippen LogP contribution >= 0.6 is 59.1 Å². The molecule has 0 aliphatic heterocycles. The van der Waals surface area contributed by atoms with Gasteiger partial charge in [-0.1, -0.05) is 0 Å². The van der Waals surface area contributed by atoms with Gasteiger partial charge < -0.3 is 5.32 Å². The highest BCUT2D eigenvalue weighted by Crippen LogP contribution is 2.39. The van der Waals surface area contributed by atoms with Crippen LogP contribution in [-0.4, -0.2) is 7.05 Å². The average Bonchev–Trinajstić information content (AvgIpc) is 2.69. The molecular formula is C12H8Br3F2NS. The normalized spacial score (nSPS) is 12.7. The molecule has 0 bridgehead atoms. The molecule has 0 saturated heterocycles. The van der Waals surface area contributed by atoms with Gasteiger partial charge in [-0.25, -0.2) is 8.78 Å². The van der Waals surface area contributed by atoms with Crippen molar-refractivity contribution in [3.8, 4) is 0 Å².